The minimum absolute atomic E-state index is 0.0907. The van der Waals surface area contributed by atoms with Crippen molar-refractivity contribution in [2.24, 2.45) is 10.7 Å². The van der Waals surface area contributed by atoms with Crippen molar-refractivity contribution in [1.29, 1.82) is 0 Å². The number of esters is 1. The van der Waals surface area contributed by atoms with Crippen LogP contribution in [0.4, 0.5) is 5.69 Å². The lowest BCUT2D eigenvalue weighted by Gasteiger charge is -2.41. The summed E-state index contributed by atoms with van der Waals surface area (Å²) in [4.78, 5) is 60.9. The van der Waals surface area contributed by atoms with Crippen LogP contribution in [0.1, 0.15) is 38.3 Å². The first-order valence-electron chi connectivity index (χ1n) is 14.0. The van der Waals surface area contributed by atoms with Gasteiger partial charge in [-0.3, -0.25) is 19.7 Å². The summed E-state index contributed by atoms with van der Waals surface area (Å²) in [5.74, 6) is -1.17. The molecule has 0 aromatic heterocycles. The van der Waals surface area contributed by atoms with Gasteiger partial charge in [0.15, 0.2) is 6.04 Å². The fourth-order valence-electron chi connectivity index (χ4n) is 4.73. The van der Waals surface area contributed by atoms with Gasteiger partial charge in [-0.15, -0.1) is 0 Å². The molecule has 0 bridgehead atoms. The Kier molecular flexibility index (Phi) is 13.1. The Morgan fingerprint density at radius 2 is 1.77 bits per heavy atom. The highest BCUT2D eigenvalue weighted by Crippen LogP contribution is 2.35. The number of carbonyl (C=O) groups excluding carboxylic acids is 4. The Balaban J connectivity index is 2.37. The fourth-order valence-corrected chi connectivity index (χ4v) is 6.98. The van der Waals surface area contributed by atoms with Gasteiger partial charge in [-0.1, -0.05) is 77.0 Å². The Morgan fingerprint density at radius 3 is 2.37 bits per heavy atom. The monoisotopic (exact) mass is 645 g/mol. The van der Waals surface area contributed by atoms with E-state index in [9.17, 15) is 19.2 Å². The number of carbonyl (C=O) groups is 4. The molecule has 0 spiro atoms. The van der Waals surface area contributed by atoms with Gasteiger partial charge in [0.2, 0.25) is 11.7 Å². The van der Waals surface area contributed by atoms with Gasteiger partial charge in [0.25, 0.3) is 11.6 Å². The second kappa shape index (κ2) is 16.3. The largest absolute Gasteiger partial charge is 0.464 e. The number of hydrogen-bond acceptors (Lipinski definition) is 11. The Labute approximate surface area is 265 Å². The average molecular weight is 646 g/mol. The van der Waals surface area contributed by atoms with Crippen molar-refractivity contribution < 1.29 is 23.9 Å². The molecule has 1 heterocycles. The normalized spacial score (nSPS) is 17.8. The SMILES string of the molecule is CCOC(=O)[C@H](CCSC)N(C(C)=O)N1C(=O)C(NC)(C(=O)C(N)CSSCC)N=C(c2ccccc2)c2ccccc21. The lowest BCUT2D eigenvalue weighted by Crippen LogP contribution is -2.69. The lowest BCUT2D eigenvalue weighted by atomic mass is 9.97. The molecule has 3 atom stereocenters. The number of thioether (sulfide) groups is 1. The number of anilines is 1. The van der Waals surface area contributed by atoms with Crippen molar-refractivity contribution >= 4 is 68.3 Å². The number of aliphatic imine (C=N–C) groups is 1. The van der Waals surface area contributed by atoms with Crippen LogP contribution in [0.5, 0.6) is 0 Å². The van der Waals surface area contributed by atoms with E-state index in [-0.39, 0.29) is 24.5 Å². The summed E-state index contributed by atoms with van der Waals surface area (Å²) in [7, 11) is 4.45. The number of hydrazine groups is 1. The van der Waals surface area contributed by atoms with Gasteiger partial charge in [-0.2, -0.15) is 11.8 Å². The summed E-state index contributed by atoms with van der Waals surface area (Å²) in [6, 6.07) is 13.9. The van der Waals surface area contributed by atoms with Gasteiger partial charge in [0.1, 0.15) is 0 Å². The third kappa shape index (κ3) is 7.63. The van der Waals surface area contributed by atoms with E-state index in [1.54, 1.807) is 42.0 Å². The van der Waals surface area contributed by atoms with Crippen LogP contribution in [-0.4, -0.2) is 89.2 Å². The molecule has 2 aromatic carbocycles. The molecule has 0 saturated carbocycles. The molecule has 0 saturated heterocycles. The number of ketones is 1. The Bertz CT molecular complexity index is 1330. The number of hydrogen-bond donors (Lipinski definition) is 2. The van der Waals surface area contributed by atoms with Crippen LogP contribution in [0.3, 0.4) is 0 Å². The molecule has 3 N–H and O–H groups in total. The minimum atomic E-state index is -2.21. The molecular weight excluding hydrogens is 607 g/mol. The molecule has 13 heteroatoms. The highest BCUT2D eigenvalue weighted by atomic mass is 33.1. The number of nitrogens with zero attached hydrogens (tertiary/aromatic N) is 3. The standard InChI is InChI=1S/C30H39N5O5S3/c1-6-40-28(38)25(17-18-41-5)34(20(3)36)35-24-16-12-11-15-22(24)26(21-13-9-8-10-14-21)33-30(32-4,29(35)39)27(37)23(31)19-43-42-7-2/h8-16,23,25,32H,6-7,17-19,31H2,1-5H3/t23?,25-,30?/m0/s1. The maximum absolute atomic E-state index is 14.9. The summed E-state index contributed by atoms with van der Waals surface area (Å²) in [6.45, 7) is 5.04. The third-order valence-corrected chi connectivity index (χ3v) is 9.86. The van der Waals surface area contributed by atoms with E-state index >= 15 is 0 Å². The number of amides is 2. The predicted octanol–water partition coefficient (Wildman–Crippen LogP) is 3.53. The van der Waals surface area contributed by atoms with Crippen LogP contribution in [0.15, 0.2) is 59.6 Å². The average Bonchev–Trinajstić information content (AvgIpc) is 3.12. The maximum Gasteiger partial charge on any atom is 0.331 e. The van der Waals surface area contributed by atoms with Gasteiger partial charge in [-0.25, -0.2) is 19.8 Å². The zero-order valence-corrected chi connectivity index (χ0v) is 27.5. The molecular formula is C30H39N5O5S3. The first-order valence-corrected chi connectivity index (χ1v) is 17.8. The third-order valence-electron chi connectivity index (χ3n) is 6.71. The number of ether oxygens (including phenoxy) is 1. The van der Waals surface area contributed by atoms with Crippen LogP contribution in [0.25, 0.3) is 0 Å². The number of nitrogens with two attached hydrogens (primary N) is 1. The molecule has 10 nitrogen and oxygen atoms in total. The summed E-state index contributed by atoms with van der Waals surface area (Å²) < 4.78 is 5.37. The van der Waals surface area contributed by atoms with Crippen LogP contribution >= 0.6 is 33.3 Å². The molecule has 1 aliphatic heterocycles. The number of rotatable bonds is 15. The van der Waals surface area contributed by atoms with Gasteiger partial charge < -0.3 is 10.5 Å². The highest BCUT2D eigenvalue weighted by Gasteiger charge is 2.54. The van der Waals surface area contributed by atoms with Gasteiger partial charge >= 0.3 is 5.97 Å². The maximum atomic E-state index is 14.9. The molecule has 0 aliphatic carbocycles. The molecule has 0 radical (unpaired) electrons. The molecule has 2 unspecified atom stereocenters. The van der Waals surface area contributed by atoms with Crippen molar-refractivity contribution in [3.63, 3.8) is 0 Å². The number of para-hydroxylation sites is 1. The first-order chi connectivity index (χ1) is 20.7. The van der Waals surface area contributed by atoms with Crippen molar-refractivity contribution in [1.82, 2.24) is 10.3 Å². The first kappa shape index (κ1) is 34.6. The second-order valence-corrected chi connectivity index (χ2v) is 13.3. The van der Waals surface area contributed by atoms with E-state index in [0.29, 0.717) is 22.6 Å². The Hall–Kier alpha value is -2.84. The fraction of sp³-hybridized carbons (Fsp3) is 0.433. The zero-order chi connectivity index (χ0) is 31.6. The van der Waals surface area contributed by atoms with E-state index in [4.69, 9.17) is 15.5 Å². The molecule has 232 valence electrons. The number of likely N-dealkylation sites (N-methyl/N-ethyl adjacent to an activating group) is 1. The summed E-state index contributed by atoms with van der Waals surface area (Å²) in [6.07, 6.45) is 2.09. The van der Waals surface area contributed by atoms with E-state index in [1.165, 1.54) is 36.5 Å². The number of Topliss-reactive ketones (excluding diaryl/α,β-unsaturated/α-hetero) is 1. The number of fused-ring (bicyclic) bond motifs is 1. The van der Waals surface area contributed by atoms with E-state index < -0.39 is 41.3 Å². The summed E-state index contributed by atoms with van der Waals surface area (Å²) in [5, 5.41) is 5.11. The predicted molar refractivity (Wildman–Crippen MR) is 177 cm³/mol. The molecule has 2 aromatic rings. The van der Waals surface area contributed by atoms with Crippen molar-refractivity contribution in [3.8, 4) is 0 Å². The van der Waals surface area contributed by atoms with Gasteiger partial charge in [0.05, 0.1) is 24.0 Å². The number of nitrogens with one attached hydrogen (secondary N) is 1. The minimum Gasteiger partial charge on any atom is -0.464 e. The second-order valence-electron chi connectivity index (χ2n) is 9.50. The van der Waals surface area contributed by atoms with Crippen LogP contribution < -0.4 is 16.1 Å². The highest BCUT2D eigenvalue weighted by molar-refractivity contribution is 8.76. The zero-order valence-electron chi connectivity index (χ0n) is 25.1. The number of benzene rings is 2. The smallest absolute Gasteiger partial charge is 0.331 e. The lowest BCUT2D eigenvalue weighted by molar-refractivity contribution is -0.157. The van der Waals surface area contributed by atoms with Crippen molar-refractivity contribution in [2.75, 3.05) is 42.2 Å². The van der Waals surface area contributed by atoms with Gasteiger partial charge in [-0.05, 0) is 38.5 Å². The van der Waals surface area contributed by atoms with Crippen LogP contribution in [-0.2, 0) is 23.9 Å². The van der Waals surface area contributed by atoms with E-state index in [0.717, 1.165) is 15.8 Å². The molecule has 2 amide bonds. The molecule has 0 fully saturated rings. The van der Waals surface area contributed by atoms with E-state index in [1.807, 2.05) is 43.5 Å². The quantitative estimate of drug-likeness (QED) is 0.128. The summed E-state index contributed by atoms with van der Waals surface area (Å²) >= 11 is 1.49. The van der Waals surface area contributed by atoms with Crippen molar-refractivity contribution in [2.45, 2.75) is 44.9 Å². The summed E-state index contributed by atoms with van der Waals surface area (Å²) in [5.41, 5.74) is 6.01. The molecule has 43 heavy (non-hydrogen) atoms. The molecule has 3 rings (SSSR count). The number of benzodiazepines with no additional fused rings is 1. The Morgan fingerprint density at radius 1 is 1.09 bits per heavy atom. The topological polar surface area (TPSA) is 134 Å². The van der Waals surface area contributed by atoms with Crippen LogP contribution in [0.2, 0.25) is 0 Å². The molecule has 1 aliphatic rings. The van der Waals surface area contributed by atoms with Crippen molar-refractivity contribution in [3.05, 3.63) is 65.7 Å². The van der Waals surface area contributed by atoms with Crippen LogP contribution in [0, 0.1) is 0 Å². The van der Waals surface area contributed by atoms with Gasteiger partial charge in [0, 0.05) is 29.6 Å². The van der Waals surface area contributed by atoms with E-state index in [2.05, 4.69) is 5.32 Å².